The number of halogens is 4. The Bertz CT molecular complexity index is 1220. The number of rotatable bonds is 9. The largest absolute Gasteiger partial charge is 0.352 e. The minimum absolute atomic E-state index is 0.0428. The molecular weight excluding hydrogens is 568 g/mol. The van der Waals surface area contributed by atoms with Crippen molar-refractivity contribution in [1.82, 2.24) is 10.2 Å². The van der Waals surface area contributed by atoms with Crippen LogP contribution in [-0.2, 0) is 26.2 Å². The molecule has 0 heterocycles. The summed E-state index contributed by atoms with van der Waals surface area (Å²) in [7, 11) is -3.93. The molecule has 1 fully saturated rings. The zero-order valence-electron chi connectivity index (χ0n) is 19.8. The highest BCUT2D eigenvalue weighted by atomic mass is 35.5. The molecule has 36 heavy (non-hydrogen) atoms. The standard InChI is InChI=1S/C24H27Cl4N3O4S/c1-15(24(33)29-17-6-3-4-7-17)30(13-18-19(26)8-5-9-20(18)27)23(32)14-31(36(2,34)35)22-11-10-16(25)12-21(22)28/h5,8-12,15,17H,3-4,6-7,13-14H2,1-2H3,(H,29,33)/t15-/m0/s1. The summed E-state index contributed by atoms with van der Waals surface area (Å²) in [5.41, 5.74) is 0.542. The van der Waals surface area contributed by atoms with Gasteiger partial charge < -0.3 is 10.2 Å². The van der Waals surface area contributed by atoms with Crippen molar-refractivity contribution in [3.63, 3.8) is 0 Å². The van der Waals surface area contributed by atoms with Crippen LogP contribution in [0.2, 0.25) is 20.1 Å². The molecule has 196 valence electrons. The molecule has 2 aromatic rings. The molecule has 12 heteroatoms. The average Bonchev–Trinajstić information content (AvgIpc) is 3.29. The van der Waals surface area contributed by atoms with Crippen molar-refractivity contribution in [3.05, 3.63) is 62.1 Å². The van der Waals surface area contributed by atoms with Gasteiger partial charge in [0.15, 0.2) is 0 Å². The fourth-order valence-electron chi connectivity index (χ4n) is 4.11. The first-order chi connectivity index (χ1) is 16.9. The van der Waals surface area contributed by atoms with E-state index in [-0.39, 0.29) is 29.2 Å². The Kier molecular flexibility index (Phi) is 9.80. The van der Waals surface area contributed by atoms with Gasteiger partial charge in [0, 0.05) is 33.2 Å². The molecule has 0 unspecified atom stereocenters. The van der Waals surface area contributed by atoms with Gasteiger partial charge in [-0.15, -0.1) is 0 Å². The summed E-state index contributed by atoms with van der Waals surface area (Å²) >= 11 is 24.9. The van der Waals surface area contributed by atoms with E-state index in [1.54, 1.807) is 25.1 Å². The van der Waals surface area contributed by atoms with E-state index in [1.165, 1.54) is 23.1 Å². The van der Waals surface area contributed by atoms with E-state index in [2.05, 4.69) is 5.32 Å². The number of nitrogens with one attached hydrogen (secondary N) is 1. The zero-order valence-corrected chi connectivity index (χ0v) is 23.6. The summed E-state index contributed by atoms with van der Waals surface area (Å²) in [5.74, 6) is -0.967. The number of carbonyl (C=O) groups is 2. The lowest BCUT2D eigenvalue weighted by Gasteiger charge is -2.32. The summed E-state index contributed by atoms with van der Waals surface area (Å²) < 4.78 is 26.2. The van der Waals surface area contributed by atoms with Crippen LogP contribution in [0.1, 0.15) is 38.2 Å². The third-order valence-corrected chi connectivity index (χ3v) is 8.49. The monoisotopic (exact) mass is 593 g/mol. The van der Waals surface area contributed by atoms with Gasteiger partial charge in [0.1, 0.15) is 12.6 Å². The van der Waals surface area contributed by atoms with Crippen LogP contribution in [0.15, 0.2) is 36.4 Å². The average molecular weight is 595 g/mol. The maximum atomic E-state index is 13.6. The maximum Gasteiger partial charge on any atom is 0.244 e. The Morgan fingerprint density at radius 1 is 1.03 bits per heavy atom. The smallest absolute Gasteiger partial charge is 0.244 e. The molecule has 0 bridgehead atoms. The quantitative estimate of drug-likeness (QED) is 0.413. The second kappa shape index (κ2) is 12.2. The normalized spacial score (nSPS) is 14.9. The van der Waals surface area contributed by atoms with Crippen molar-refractivity contribution in [2.45, 2.75) is 51.2 Å². The highest BCUT2D eigenvalue weighted by Crippen LogP contribution is 2.31. The second-order valence-corrected chi connectivity index (χ2v) is 12.3. The van der Waals surface area contributed by atoms with Gasteiger partial charge in [-0.2, -0.15) is 0 Å². The van der Waals surface area contributed by atoms with E-state index in [4.69, 9.17) is 46.4 Å². The number of hydrogen-bond donors (Lipinski definition) is 1. The molecule has 1 aliphatic rings. The van der Waals surface area contributed by atoms with Crippen molar-refractivity contribution in [2.75, 3.05) is 17.1 Å². The molecule has 0 spiro atoms. The molecule has 0 saturated heterocycles. The lowest BCUT2D eigenvalue weighted by Crippen LogP contribution is -2.52. The van der Waals surface area contributed by atoms with E-state index >= 15 is 0 Å². The van der Waals surface area contributed by atoms with Crippen LogP contribution in [0, 0.1) is 0 Å². The predicted octanol–water partition coefficient (Wildman–Crippen LogP) is 5.54. The molecule has 3 rings (SSSR count). The topological polar surface area (TPSA) is 86.8 Å². The molecule has 2 aromatic carbocycles. The van der Waals surface area contributed by atoms with Crippen LogP contribution >= 0.6 is 46.4 Å². The Labute approximate surface area is 231 Å². The minimum atomic E-state index is -3.93. The predicted molar refractivity (Wildman–Crippen MR) is 146 cm³/mol. The molecule has 0 radical (unpaired) electrons. The van der Waals surface area contributed by atoms with E-state index < -0.39 is 28.5 Å². The molecular formula is C24H27Cl4N3O4S. The van der Waals surface area contributed by atoms with Crippen molar-refractivity contribution >= 4 is 73.9 Å². The number of anilines is 1. The van der Waals surface area contributed by atoms with Crippen LogP contribution in [-0.4, -0.2) is 50.0 Å². The highest BCUT2D eigenvalue weighted by molar-refractivity contribution is 7.92. The fourth-order valence-corrected chi connectivity index (χ4v) is 6.05. The first-order valence-electron chi connectivity index (χ1n) is 11.3. The van der Waals surface area contributed by atoms with Crippen LogP contribution in [0.4, 0.5) is 5.69 Å². The Morgan fingerprint density at radius 2 is 1.64 bits per heavy atom. The van der Waals surface area contributed by atoms with E-state index in [9.17, 15) is 18.0 Å². The summed E-state index contributed by atoms with van der Waals surface area (Å²) in [6.45, 7) is 0.902. The molecule has 1 aliphatic carbocycles. The van der Waals surface area contributed by atoms with Crippen molar-refractivity contribution in [1.29, 1.82) is 0 Å². The Hall–Kier alpha value is -1.71. The summed E-state index contributed by atoms with van der Waals surface area (Å²) in [5, 5.41) is 4.02. The summed E-state index contributed by atoms with van der Waals surface area (Å²) in [6.07, 6.45) is 4.78. The molecule has 0 aliphatic heterocycles. The third kappa shape index (κ3) is 7.19. The van der Waals surface area contributed by atoms with Gasteiger partial charge in [-0.3, -0.25) is 13.9 Å². The number of nitrogens with zero attached hydrogens (tertiary/aromatic N) is 2. The van der Waals surface area contributed by atoms with Crippen LogP contribution < -0.4 is 9.62 Å². The number of carbonyl (C=O) groups excluding carboxylic acids is 2. The van der Waals surface area contributed by atoms with Crippen LogP contribution in [0.3, 0.4) is 0 Å². The third-order valence-electron chi connectivity index (χ3n) is 6.12. The lowest BCUT2D eigenvalue weighted by molar-refractivity contribution is -0.139. The Balaban J connectivity index is 1.95. The zero-order chi connectivity index (χ0) is 26.6. The van der Waals surface area contributed by atoms with Gasteiger partial charge in [-0.1, -0.05) is 65.3 Å². The maximum absolute atomic E-state index is 13.6. The van der Waals surface area contributed by atoms with E-state index in [0.717, 1.165) is 36.2 Å². The van der Waals surface area contributed by atoms with Crippen LogP contribution in [0.25, 0.3) is 0 Å². The molecule has 1 N–H and O–H groups in total. The number of hydrogen-bond acceptors (Lipinski definition) is 4. The van der Waals surface area contributed by atoms with Gasteiger partial charge in [-0.05, 0) is 50.1 Å². The van der Waals surface area contributed by atoms with Gasteiger partial charge in [-0.25, -0.2) is 8.42 Å². The molecule has 2 amide bonds. The van der Waals surface area contributed by atoms with Gasteiger partial charge in [0.2, 0.25) is 21.8 Å². The molecule has 1 saturated carbocycles. The molecule has 1 atom stereocenters. The summed E-state index contributed by atoms with van der Waals surface area (Å²) in [6, 6.07) is 8.34. The fraction of sp³-hybridized carbons (Fsp3) is 0.417. The van der Waals surface area contributed by atoms with Gasteiger partial charge >= 0.3 is 0 Å². The summed E-state index contributed by atoms with van der Waals surface area (Å²) in [4.78, 5) is 28.0. The van der Waals surface area contributed by atoms with E-state index in [1.807, 2.05) is 0 Å². The van der Waals surface area contributed by atoms with Crippen molar-refractivity contribution < 1.29 is 18.0 Å². The van der Waals surface area contributed by atoms with Gasteiger partial charge in [0.25, 0.3) is 0 Å². The van der Waals surface area contributed by atoms with E-state index in [0.29, 0.717) is 20.6 Å². The Morgan fingerprint density at radius 3 is 2.19 bits per heavy atom. The van der Waals surface area contributed by atoms with Crippen molar-refractivity contribution in [3.8, 4) is 0 Å². The first kappa shape index (κ1) is 28.9. The van der Waals surface area contributed by atoms with Crippen molar-refractivity contribution in [2.24, 2.45) is 0 Å². The SMILES string of the molecule is C[C@@H](C(=O)NC1CCCC1)N(Cc1c(Cl)cccc1Cl)C(=O)CN(c1ccc(Cl)cc1Cl)S(C)(=O)=O. The number of amides is 2. The highest BCUT2D eigenvalue weighted by Gasteiger charge is 2.32. The number of sulfonamides is 1. The van der Waals surface area contributed by atoms with Gasteiger partial charge in [0.05, 0.1) is 17.0 Å². The number of benzene rings is 2. The molecule has 0 aromatic heterocycles. The second-order valence-electron chi connectivity index (χ2n) is 8.75. The van der Waals surface area contributed by atoms with Crippen LogP contribution in [0.5, 0.6) is 0 Å². The lowest BCUT2D eigenvalue weighted by atomic mass is 10.1. The molecule has 7 nitrogen and oxygen atoms in total. The minimum Gasteiger partial charge on any atom is -0.352 e. The first-order valence-corrected chi connectivity index (χ1v) is 14.7.